The number of esters is 1. The molecule has 1 amide bonds. The van der Waals surface area contributed by atoms with Crippen LogP contribution in [0.25, 0.3) is 0 Å². The number of rotatable bonds is 4. The second-order valence-corrected chi connectivity index (χ2v) is 6.91. The zero-order chi connectivity index (χ0) is 17.2. The van der Waals surface area contributed by atoms with E-state index in [1.165, 1.54) is 0 Å². The topological polar surface area (TPSA) is 55.4 Å². The van der Waals surface area contributed by atoms with E-state index in [-0.39, 0.29) is 5.91 Å². The first-order valence-corrected chi connectivity index (χ1v) is 8.62. The van der Waals surface area contributed by atoms with Crippen molar-refractivity contribution in [3.63, 3.8) is 0 Å². The van der Waals surface area contributed by atoms with Crippen LogP contribution in [-0.2, 0) is 22.4 Å². The standard InChI is InChI=1S/C19H18BrNO3/c1-19(12-14-7-2-4-8-15(14)17(22)24-19)18(23)21-11-10-13-6-3-5-9-16(13)20/h2-9H,10-12H2,1H3,(H,21,23). The normalized spacial score (nSPS) is 19.3. The summed E-state index contributed by atoms with van der Waals surface area (Å²) in [6.45, 7) is 2.14. The van der Waals surface area contributed by atoms with Gasteiger partial charge in [0.15, 0.2) is 5.60 Å². The van der Waals surface area contributed by atoms with Crippen molar-refractivity contribution in [1.29, 1.82) is 0 Å². The first kappa shape index (κ1) is 16.7. The molecule has 1 atom stereocenters. The van der Waals surface area contributed by atoms with Gasteiger partial charge in [0.2, 0.25) is 0 Å². The molecule has 2 aromatic carbocycles. The molecule has 3 rings (SSSR count). The van der Waals surface area contributed by atoms with Gasteiger partial charge in [-0.25, -0.2) is 4.79 Å². The number of benzene rings is 2. The molecule has 0 aromatic heterocycles. The van der Waals surface area contributed by atoms with Crippen LogP contribution >= 0.6 is 15.9 Å². The molecule has 0 aliphatic carbocycles. The minimum absolute atomic E-state index is 0.266. The van der Waals surface area contributed by atoms with E-state index in [0.717, 1.165) is 15.6 Å². The molecule has 1 N–H and O–H groups in total. The number of halogens is 1. The van der Waals surface area contributed by atoms with Crippen molar-refractivity contribution in [3.05, 3.63) is 69.7 Å². The Morgan fingerprint density at radius 3 is 2.71 bits per heavy atom. The molecular weight excluding hydrogens is 370 g/mol. The Balaban J connectivity index is 1.65. The minimum Gasteiger partial charge on any atom is -0.445 e. The SMILES string of the molecule is CC1(C(=O)NCCc2ccccc2Br)Cc2ccccc2C(=O)O1. The lowest BCUT2D eigenvalue weighted by atomic mass is 9.89. The first-order valence-electron chi connectivity index (χ1n) is 7.82. The lowest BCUT2D eigenvalue weighted by molar-refractivity contribution is -0.139. The zero-order valence-corrected chi connectivity index (χ0v) is 14.9. The molecule has 24 heavy (non-hydrogen) atoms. The molecule has 1 aliphatic rings. The van der Waals surface area contributed by atoms with Gasteiger partial charge in [-0.15, -0.1) is 0 Å². The molecule has 0 radical (unpaired) electrons. The number of amides is 1. The Kier molecular flexibility index (Phi) is 4.71. The number of nitrogens with one attached hydrogen (secondary N) is 1. The molecule has 124 valence electrons. The van der Waals surface area contributed by atoms with Crippen LogP contribution < -0.4 is 5.32 Å². The number of fused-ring (bicyclic) bond motifs is 1. The van der Waals surface area contributed by atoms with E-state index in [1.54, 1.807) is 19.1 Å². The third-order valence-corrected chi connectivity index (χ3v) is 4.97. The molecule has 1 heterocycles. The highest BCUT2D eigenvalue weighted by Crippen LogP contribution is 2.28. The van der Waals surface area contributed by atoms with E-state index in [0.29, 0.717) is 24.9 Å². The van der Waals surface area contributed by atoms with E-state index >= 15 is 0 Å². The quantitative estimate of drug-likeness (QED) is 0.818. The van der Waals surface area contributed by atoms with Crippen molar-refractivity contribution >= 4 is 27.8 Å². The fourth-order valence-corrected chi connectivity index (χ4v) is 3.34. The molecule has 2 aromatic rings. The van der Waals surface area contributed by atoms with Crippen molar-refractivity contribution < 1.29 is 14.3 Å². The Hall–Kier alpha value is -2.14. The van der Waals surface area contributed by atoms with Crippen molar-refractivity contribution in [3.8, 4) is 0 Å². The summed E-state index contributed by atoms with van der Waals surface area (Å²) in [5.74, 6) is -0.710. The predicted octanol–water partition coefficient (Wildman–Crippen LogP) is 3.28. The van der Waals surface area contributed by atoms with Crippen LogP contribution in [0, 0.1) is 0 Å². The van der Waals surface area contributed by atoms with Gasteiger partial charge in [0.1, 0.15) is 0 Å². The van der Waals surface area contributed by atoms with Crippen LogP contribution in [0.5, 0.6) is 0 Å². The lowest BCUT2D eigenvalue weighted by Crippen LogP contribution is -2.52. The van der Waals surface area contributed by atoms with Crippen molar-refractivity contribution in [2.45, 2.75) is 25.4 Å². The summed E-state index contributed by atoms with van der Waals surface area (Å²) in [6, 6.07) is 15.1. The Bertz CT molecular complexity index is 790. The maximum Gasteiger partial charge on any atom is 0.339 e. The van der Waals surface area contributed by atoms with E-state index in [9.17, 15) is 9.59 Å². The van der Waals surface area contributed by atoms with Crippen LogP contribution in [0.4, 0.5) is 0 Å². The highest BCUT2D eigenvalue weighted by Gasteiger charge is 2.42. The predicted molar refractivity (Wildman–Crippen MR) is 94.8 cm³/mol. The number of cyclic esters (lactones) is 1. The summed E-state index contributed by atoms with van der Waals surface area (Å²) in [5, 5.41) is 2.88. The Morgan fingerprint density at radius 1 is 1.21 bits per heavy atom. The highest BCUT2D eigenvalue weighted by molar-refractivity contribution is 9.10. The van der Waals surface area contributed by atoms with Gasteiger partial charge >= 0.3 is 5.97 Å². The van der Waals surface area contributed by atoms with Gasteiger partial charge in [0.25, 0.3) is 5.91 Å². The molecule has 1 unspecified atom stereocenters. The fraction of sp³-hybridized carbons (Fsp3) is 0.263. The van der Waals surface area contributed by atoms with Gasteiger partial charge in [-0.2, -0.15) is 0 Å². The van der Waals surface area contributed by atoms with Crippen molar-refractivity contribution in [2.24, 2.45) is 0 Å². The summed E-state index contributed by atoms with van der Waals surface area (Å²) in [7, 11) is 0. The van der Waals surface area contributed by atoms with Crippen LogP contribution in [-0.4, -0.2) is 24.0 Å². The lowest BCUT2D eigenvalue weighted by Gasteiger charge is -2.33. The zero-order valence-electron chi connectivity index (χ0n) is 13.3. The monoisotopic (exact) mass is 387 g/mol. The third-order valence-electron chi connectivity index (χ3n) is 4.20. The van der Waals surface area contributed by atoms with Gasteiger partial charge in [0.05, 0.1) is 5.56 Å². The summed E-state index contributed by atoms with van der Waals surface area (Å²) in [5.41, 5.74) is 1.33. The fourth-order valence-electron chi connectivity index (χ4n) is 2.86. The smallest absolute Gasteiger partial charge is 0.339 e. The highest BCUT2D eigenvalue weighted by atomic mass is 79.9. The van der Waals surface area contributed by atoms with Gasteiger partial charge in [0, 0.05) is 17.4 Å². The second kappa shape index (κ2) is 6.77. The second-order valence-electron chi connectivity index (χ2n) is 6.05. The van der Waals surface area contributed by atoms with Crippen molar-refractivity contribution in [2.75, 3.05) is 6.54 Å². The molecule has 0 spiro atoms. The van der Waals surface area contributed by atoms with Crippen molar-refractivity contribution in [1.82, 2.24) is 5.32 Å². The molecular formula is C19H18BrNO3. The number of hydrogen-bond acceptors (Lipinski definition) is 3. The minimum atomic E-state index is -1.17. The van der Waals surface area contributed by atoms with Crippen LogP contribution in [0.2, 0.25) is 0 Å². The van der Waals surface area contributed by atoms with Crippen LogP contribution in [0.15, 0.2) is 53.0 Å². The Morgan fingerprint density at radius 2 is 1.92 bits per heavy atom. The molecule has 0 saturated heterocycles. The Labute approximate surface area is 149 Å². The van der Waals surface area contributed by atoms with E-state index in [1.807, 2.05) is 36.4 Å². The third kappa shape index (κ3) is 3.36. The van der Waals surface area contributed by atoms with Gasteiger partial charge in [-0.3, -0.25) is 4.79 Å². The van der Waals surface area contributed by atoms with E-state index < -0.39 is 11.6 Å². The molecule has 0 saturated carbocycles. The van der Waals surface area contributed by atoms with Gasteiger partial charge in [-0.05, 0) is 36.6 Å². The number of ether oxygens (including phenoxy) is 1. The van der Waals surface area contributed by atoms with Crippen LogP contribution in [0.1, 0.15) is 28.4 Å². The summed E-state index contributed by atoms with van der Waals surface area (Å²) < 4.78 is 6.45. The number of hydrogen-bond donors (Lipinski definition) is 1. The largest absolute Gasteiger partial charge is 0.445 e. The molecule has 0 fully saturated rings. The average molecular weight is 388 g/mol. The van der Waals surface area contributed by atoms with E-state index in [2.05, 4.69) is 21.2 Å². The molecule has 1 aliphatic heterocycles. The molecule has 5 heteroatoms. The maximum absolute atomic E-state index is 12.6. The average Bonchev–Trinajstić information content (AvgIpc) is 2.56. The van der Waals surface area contributed by atoms with E-state index in [4.69, 9.17) is 4.74 Å². The van der Waals surface area contributed by atoms with Gasteiger partial charge < -0.3 is 10.1 Å². The maximum atomic E-state index is 12.6. The molecule has 0 bridgehead atoms. The molecule has 4 nitrogen and oxygen atoms in total. The number of carbonyl (C=O) groups excluding carboxylic acids is 2. The van der Waals surface area contributed by atoms with Gasteiger partial charge in [-0.1, -0.05) is 52.3 Å². The number of carbonyl (C=O) groups is 2. The van der Waals surface area contributed by atoms with Crippen LogP contribution in [0.3, 0.4) is 0 Å². The summed E-state index contributed by atoms with van der Waals surface area (Å²) >= 11 is 3.49. The summed E-state index contributed by atoms with van der Waals surface area (Å²) in [6.07, 6.45) is 1.09. The first-order chi connectivity index (χ1) is 11.5. The summed E-state index contributed by atoms with van der Waals surface area (Å²) in [4.78, 5) is 24.7.